The summed E-state index contributed by atoms with van der Waals surface area (Å²) in [4.78, 5) is 51.5. The summed E-state index contributed by atoms with van der Waals surface area (Å²) in [5.41, 5.74) is 3.70. The third kappa shape index (κ3) is 4.26. The summed E-state index contributed by atoms with van der Waals surface area (Å²) in [5.74, 6) is -0.0951. The van der Waals surface area contributed by atoms with E-state index in [0.717, 1.165) is 4.57 Å². The molecular weight excluding hydrogens is 384 g/mol. The van der Waals surface area contributed by atoms with Crippen LogP contribution in [-0.2, 0) is 30.2 Å². The fourth-order valence-corrected chi connectivity index (χ4v) is 2.54. The number of carbonyl (C=O) groups excluding carboxylic acids is 2. The molecule has 0 saturated heterocycles. The number of rotatable bonds is 5. The van der Waals surface area contributed by atoms with E-state index < -0.39 is 23.2 Å². The molecule has 0 radical (unpaired) electrons. The lowest BCUT2D eigenvalue weighted by molar-refractivity contribution is -0.117. The predicted molar refractivity (Wildman–Crippen MR) is 101 cm³/mol. The van der Waals surface area contributed by atoms with Gasteiger partial charge in [0, 0.05) is 20.2 Å². The Bertz CT molecular complexity index is 1180. The molecule has 29 heavy (non-hydrogen) atoms. The molecule has 0 aliphatic carbocycles. The first kappa shape index (κ1) is 19.7. The van der Waals surface area contributed by atoms with Crippen LogP contribution in [0.1, 0.15) is 5.76 Å². The number of nitrogens with one attached hydrogen (secondary N) is 2. The zero-order chi connectivity index (χ0) is 21.0. The highest BCUT2D eigenvalue weighted by Crippen LogP contribution is 2.05. The SMILES string of the molecule is Cn1c(=O)c2c(ncn2CCOC(=O)NNC(=O)C=Cc2ccco2)n(C)c1=O. The molecule has 0 spiro atoms. The molecule has 3 aromatic rings. The van der Waals surface area contributed by atoms with Crippen LogP contribution in [0, 0.1) is 0 Å². The fourth-order valence-electron chi connectivity index (χ4n) is 2.54. The number of ether oxygens (including phenoxy) is 1. The molecule has 3 heterocycles. The minimum absolute atomic E-state index is 0.0958. The van der Waals surface area contributed by atoms with E-state index in [1.54, 1.807) is 12.1 Å². The standard InChI is InChI=1S/C17H18N6O6/c1-21-14-13(15(25)22(2)17(21)27)23(10-18-14)7-9-29-16(26)20-19-12(24)6-5-11-4-3-8-28-11/h3-6,8,10H,7,9H2,1-2H3,(H,19,24)(H,20,26). The average molecular weight is 402 g/mol. The molecule has 0 aromatic carbocycles. The summed E-state index contributed by atoms with van der Waals surface area (Å²) >= 11 is 0. The monoisotopic (exact) mass is 402 g/mol. The molecule has 2 N–H and O–H groups in total. The van der Waals surface area contributed by atoms with Crippen molar-refractivity contribution in [3.63, 3.8) is 0 Å². The molecule has 0 saturated carbocycles. The minimum atomic E-state index is -0.880. The maximum atomic E-state index is 12.3. The van der Waals surface area contributed by atoms with Crippen molar-refractivity contribution < 1.29 is 18.7 Å². The van der Waals surface area contributed by atoms with Crippen molar-refractivity contribution in [2.24, 2.45) is 14.1 Å². The zero-order valence-corrected chi connectivity index (χ0v) is 15.6. The van der Waals surface area contributed by atoms with Gasteiger partial charge in [0.15, 0.2) is 11.2 Å². The van der Waals surface area contributed by atoms with Crippen molar-refractivity contribution in [1.29, 1.82) is 0 Å². The summed E-state index contributed by atoms with van der Waals surface area (Å²) in [6.45, 7) is 0.0328. The number of aromatic nitrogens is 4. The molecule has 0 unspecified atom stereocenters. The second kappa shape index (κ2) is 8.29. The van der Waals surface area contributed by atoms with Gasteiger partial charge >= 0.3 is 11.8 Å². The van der Waals surface area contributed by atoms with E-state index in [1.807, 2.05) is 0 Å². The molecule has 2 amide bonds. The number of aryl methyl sites for hydroxylation is 1. The molecule has 3 rings (SSSR count). The van der Waals surface area contributed by atoms with E-state index >= 15 is 0 Å². The Hall–Kier alpha value is -4.09. The number of amides is 2. The Balaban J connectivity index is 1.52. The summed E-state index contributed by atoms with van der Waals surface area (Å²) < 4.78 is 13.7. The Morgan fingerprint density at radius 2 is 2.03 bits per heavy atom. The Morgan fingerprint density at radius 1 is 1.24 bits per heavy atom. The second-order valence-corrected chi connectivity index (χ2v) is 5.91. The molecule has 152 valence electrons. The van der Waals surface area contributed by atoms with Crippen LogP contribution in [0.25, 0.3) is 17.2 Å². The van der Waals surface area contributed by atoms with E-state index in [9.17, 15) is 19.2 Å². The lowest BCUT2D eigenvalue weighted by atomic mass is 10.4. The molecule has 12 heteroatoms. The van der Waals surface area contributed by atoms with Gasteiger partial charge in [-0.1, -0.05) is 0 Å². The summed E-state index contributed by atoms with van der Waals surface area (Å²) in [5, 5.41) is 0. The normalized spacial score (nSPS) is 11.1. The third-order valence-electron chi connectivity index (χ3n) is 4.01. The number of nitrogens with zero attached hydrogens (tertiary/aromatic N) is 4. The fraction of sp³-hybridized carbons (Fsp3) is 0.235. The molecule has 0 bridgehead atoms. The van der Waals surface area contributed by atoms with Gasteiger partial charge in [-0.25, -0.2) is 20.0 Å². The number of imidazole rings is 1. The van der Waals surface area contributed by atoms with E-state index in [-0.39, 0.29) is 24.3 Å². The van der Waals surface area contributed by atoms with Crippen LogP contribution in [0.2, 0.25) is 0 Å². The van der Waals surface area contributed by atoms with Crippen molar-refractivity contribution in [2.75, 3.05) is 6.61 Å². The topological polar surface area (TPSA) is 142 Å². The summed E-state index contributed by atoms with van der Waals surface area (Å²) in [6.07, 6.45) is 4.58. The van der Waals surface area contributed by atoms with Crippen LogP contribution < -0.4 is 22.1 Å². The van der Waals surface area contributed by atoms with Crippen LogP contribution in [0.3, 0.4) is 0 Å². The maximum absolute atomic E-state index is 12.3. The van der Waals surface area contributed by atoms with Crippen LogP contribution in [0.5, 0.6) is 0 Å². The van der Waals surface area contributed by atoms with E-state index in [1.165, 1.54) is 48.0 Å². The molecule has 0 fully saturated rings. The van der Waals surface area contributed by atoms with Crippen molar-refractivity contribution >= 4 is 29.2 Å². The van der Waals surface area contributed by atoms with E-state index in [4.69, 9.17) is 9.15 Å². The highest BCUT2D eigenvalue weighted by atomic mass is 16.6. The Morgan fingerprint density at radius 3 is 2.76 bits per heavy atom. The molecular formula is C17H18N6O6. The van der Waals surface area contributed by atoms with Crippen LogP contribution in [0.15, 0.2) is 44.8 Å². The summed E-state index contributed by atoms with van der Waals surface area (Å²) in [6, 6.07) is 3.34. The Labute approximate surface area is 163 Å². The second-order valence-electron chi connectivity index (χ2n) is 5.91. The highest BCUT2D eigenvalue weighted by molar-refractivity contribution is 5.92. The van der Waals surface area contributed by atoms with Gasteiger partial charge in [0.25, 0.3) is 11.5 Å². The van der Waals surface area contributed by atoms with Gasteiger partial charge in [-0.2, -0.15) is 0 Å². The predicted octanol–water partition coefficient (Wildman–Crippen LogP) is -0.502. The lowest BCUT2D eigenvalue weighted by Crippen LogP contribution is -2.41. The number of hydrogen-bond acceptors (Lipinski definition) is 7. The molecule has 3 aromatic heterocycles. The Kier molecular flexibility index (Phi) is 5.62. The number of carbonyl (C=O) groups is 2. The average Bonchev–Trinajstić information content (AvgIpc) is 3.37. The lowest BCUT2D eigenvalue weighted by Gasteiger charge is -2.08. The van der Waals surface area contributed by atoms with Gasteiger partial charge in [0.2, 0.25) is 0 Å². The van der Waals surface area contributed by atoms with Gasteiger partial charge < -0.3 is 13.7 Å². The van der Waals surface area contributed by atoms with Gasteiger partial charge in [-0.15, -0.1) is 0 Å². The first-order valence-corrected chi connectivity index (χ1v) is 8.43. The third-order valence-corrected chi connectivity index (χ3v) is 4.01. The van der Waals surface area contributed by atoms with Gasteiger partial charge in [-0.3, -0.25) is 24.1 Å². The molecule has 12 nitrogen and oxygen atoms in total. The molecule has 0 atom stereocenters. The molecule has 0 aliphatic heterocycles. The van der Waals surface area contributed by atoms with Crippen molar-refractivity contribution in [1.82, 2.24) is 29.5 Å². The zero-order valence-electron chi connectivity index (χ0n) is 15.6. The van der Waals surface area contributed by atoms with Gasteiger partial charge in [-0.05, 0) is 18.2 Å². The van der Waals surface area contributed by atoms with Crippen molar-refractivity contribution in [3.8, 4) is 0 Å². The number of hydrazine groups is 1. The van der Waals surface area contributed by atoms with Crippen molar-refractivity contribution in [2.45, 2.75) is 6.54 Å². The highest BCUT2D eigenvalue weighted by Gasteiger charge is 2.14. The van der Waals surface area contributed by atoms with Gasteiger partial charge in [0.05, 0.1) is 19.1 Å². The first-order valence-electron chi connectivity index (χ1n) is 8.43. The number of hydrogen-bond donors (Lipinski definition) is 2. The summed E-state index contributed by atoms with van der Waals surface area (Å²) in [7, 11) is 2.88. The van der Waals surface area contributed by atoms with E-state index in [2.05, 4.69) is 15.8 Å². The van der Waals surface area contributed by atoms with Crippen molar-refractivity contribution in [3.05, 3.63) is 57.4 Å². The largest absolute Gasteiger partial charge is 0.465 e. The maximum Gasteiger partial charge on any atom is 0.426 e. The first-order chi connectivity index (χ1) is 13.9. The number of furan rings is 1. The van der Waals surface area contributed by atoms with E-state index in [0.29, 0.717) is 5.76 Å². The van der Waals surface area contributed by atoms with Crippen LogP contribution in [-0.4, -0.2) is 37.3 Å². The number of fused-ring (bicyclic) bond motifs is 1. The smallest absolute Gasteiger partial charge is 0.426 e. The molecule has 0 aliphatic rings. The minimum Gasteiger partial charge on any atom is -0.465 e. The van der Waals surface area contributed by atoms with Gasteiger partial charge in [0.1, 0.15) is 12.4 Å². The quantitative estimate of drug-likeness (QED) is 0.433. The van der Waals surface area contributed by atoms with Crippen LogP contribution >= 0.6 is 0 Å². The van der Waals surface area contributed by atoms with Crippen LogP contribution in [0.4, 0.5) is 4.79 Å².